The standard InChI is InChI=1S/C10H14N2O4/c1-7(13)16-9-3-4-12(10(14)15-2)8(5-9)6-11/h8-9H,3-5H2,1-2H3. The average molecular weight is 226 g/mol. The zero-order valence-corrected chi connectivity index (χ0v) is 9.30. The third-order valence-corrected chi connectivity index (χ3v) is 2.45. The molecule has 0 aromatic rings. The van der Waals surface area contributed by atoms with Crippen LogP contribution in [0.15, 0.2) is 0 Å². The molecule has 16 heavy (non-hydrogen) atoms. The average Bonchev–Trinajstić information content (AvgIpc) is 2.27. The number of ether oxygens (including phenoxy) is 2. The van der Waals surface area contributed by atoms with Crippen LogP contribution in [0.2, 0.25) is 0 Å². The van der Waals surface area contributed by atoms with E-state index in [1.165, 1.54) is 18.9 Å². The van der Waals surface area contributed by atoms with Gasteiger partial charge in [0.2, 0.25) is 0 Å². The number of carbonyl (C=O) groups is 2. The largest absolute Gasteiger partial charge is 0.462 e. The van der Waals surface area contributed by atoms with Gasteiger partial charge in [-0.3, -0.25) is 9.69 Å². The maximum Gasteiger partial charge on any atom is 0.410 e. The number of rotatable bonds is 1. The summed E-state index contributed by atoms with van der Waals surface area (Å²) in [7, 11) is 1.27. The van der Waals surface area contributed by atoms with Gasteiger partial charge in [-0.25, -0.2) is 4.79 Å². The van der Waals surface area contributed by atoms with Crippen molar-refractivity contribution in [3.8, 4) is 6.07 Å². The molecule has 1 aliphatic heterocycles. The van der Waals surface area contributed by atoms with Crippen LogP contribution in [0.5, 0.6) is 0 Å². The Hall–Kier alpha value is -1.77. The van der Waals surface area contributed by atoms with Crippen molar-refractivity contribution in [2.75, 3.05) is 13.7 Å². The quantitative estimate of drug-likeness (QED) is 0.614. The molecule has 0 N–H and O–H groups in total. The molecule has 0 aliphatic carbocycles. The Bertz CT molecular complexity index is 323. The summed E-state index contributed by atoms with van der Waals surface area (Å²) < 4.78 is 9.58. The van der Waals surface area contributed by atoms with Gasteiger partial charge < -0.3 is 9.47 Å². The number of nitrogens with zero attached hydrogens (tertiary/aromatic N) is 2. The van der Waals surface area contributed by atoms with E-state index in [-0.39, 0.29) is 12.1 Å². The van der Waals surface area contributed by atoms with Crippen LogP contribution in [0.4, 0.5) is 4.79 Å². The first-order valence-electron chi connectivity index (χ1n) is 5.00. The van der Waals surface area contributed by atoms with Crippen molar-refractivity contribution >= 4 is 12.1 Å². The highest BCUT2D eigenvalue weighted by Crippen LogP contribution is 2.20. The lowest BCUT2D eigenvalue weighted by Gasteiger charge is -2.34. The molecule has 1 aliphatic rings. The molecule has 88 valence electrons. The van der Waals surface area contributed by atoms with E-state index in [1.807, 2.05) is 6.07 Å². The number of carbonyl (C=O) groups excluding carboxylic acids is 2. The maximum absolute atomic E-state index is 11.3. The molecule has 0 bridgehead atoms. The van der Waals surface area contributed by atoms with Crippen LogP contribution in [0.25, 0.3) is 0 Å². The van der Waals surface area contributed by atoms with Crippen LogP contribution in [-0.4, -0.2) is 42.8 Å². The molecule has 1 amide bonds. The summed E-state index contributed by atoms with van der Waals surface area (Å²) in [5.41, 5.74) is 0. The van der Waals surface area contributed by atoms with Crippen molar-refractivity contribution in [3.63, 3.8) is 0 Å². The summed E-state index contributed by atoms with van der Waals surface area (Å²) in [6.45, 7) is 1.69. The molecule has 6 heteroatoms. The summed E-state index contributed by atoms with van der Waals surface area (Å²) in [5.74, 6) is -0.367. The number of likely N-dealkylation sites (tertiary alicyclic amines) is 1. The summed E-state index contributed by atoms with van der Waals surface area (Å²) in [4.78, 5) is 23.4. The second-order valence-electron chi connectivity index (χ2n) is 3.56. The highest BCUT2D eigenvalue weighted by molar-refractivity contribution is 5.69. The lowest BCUT2D eigenvalue weighted by atomic mass is 10.0. The molecule has 0 aromatic heterocycles. The number of amides is 1. The van der Waals surface area contributed by atoms with Gasteiger partial charge in [-0.05, 0) is 0 Å². The van der Waals surface area contributed by atoms with E-state index in [4.69, 9.17) is 10.00 Å². The highest BCUT2D eigenvalue weighted by atomic mass is 16.5. The molecule has 0 aromatic carbocycles. The fraction of sp³-hybridized carbons (Fsp3) is 0.700. The molecule has 1 fully saturated rings. The molecule has 2 atom stereocenters. The molecule has 1 heterocycles. The van der Waals surface area contributed by atoms with Gasteiger partial charge in [0.25, 0.3) is 0 Å². The predicted molar refractivity (Wildman–Crippen MR) is 53.3 cm³/mol. The fourth-order valence-electron chi connectivity index (χ4n) is 1.73. The van der Waals surface area contributed by atoms with Crippen molar-refractivity contribution in [2.45, 2.75) is 31.9 Å². The summed E-state index contributed by atoms with van der Waals surface area (Å²) in [6, 6.07) is 1.41. The molecule has 0 saturated carbocycles. The van der Waals surface area contributed by atoms with Gasteiger partial charge >= 0.3 is 12.1 Å². The van der Waals surface area contributed by atoms with Gasteiger partial charge in [0.15, 0.2) is 0 Å². The van der Waals surface area contributed by atoms with E-state index in [2.05, 4.69) is 4.74 Å². The molecule has 0 radical (unpaired) electrons. The molecular weight excluding hydrogens is 212 g/mol. The van der Waals surface area contributed by atoms with Crippen molar-refractivity contribution in [1.29, 1.82) is 5.26 Å². The minimum atomic E-state index is -0.592. The van der Waals surface area contributed by atoms with Gasteiger partial charge in [-0.1, -0.05) is 0 Å². The van der Waals surface area contributed by atoms with Crippen LogP contribution >= 0.6 is 0 Å². The second-order valence-corrected chi connectivity index (χ2v) is 3.56. The zero-order chi connectivity index (χ0) is 12.1. The maximum atomic E-state index is 11.3. The van der Waals surface area contributed by atoms with E-state index in [9.17, 15) is 9.59 Å². The Morgan fingerprint density at radius 3 is 2.69 bits per heavy atom. The lowest BCUT2D eigenvalue weighted by Crippen LogP contribution is -2.47. The normalized spacial score (nSPS) is 24.4. The minimum Gasteiger partial charge on any atom is -0.462 e. The Labute approximate surface area is 93.7 Å². The molecule has 6 nitrogen and oxygen atoms in total. The number of hydrogen-bond acceptors (Lipinski definition) is 5. The van der Waals surface area contributed by atoms with E-state index in [1.54, 1.807) is 0 Å². The van der Waals surface area contributed by atoms with E-state index >= 15 is 0 Å². The summed E-state index contributed by atoms with van der Waals surface area (Å²) >= 11 is 0. The molecular formula is C10H14N2O4. The number of hydrogen-bond donors (Lipinski definition) is 0. The van der Waals surface area contributed by atoms with Crippen LogP contribution in [0.1, 0.15) is 19.8 Å². The number of nitriles is 1. The zero-order valence-electron chi connectivity index (χ0n) is 9.30. The molecule has 1 rings (SSSR count). The van der Waals surface area contributed by atoms with Crippen LogP contribution in [-0.2, 0) is 14.3 Å². The Morgan fingerprint density at radius 2 is 2.19 bits per heavy atom. The van der Waals surface area contributed by atoms with Crippen molar-refractivity contribution < 1.29 is 19.1 Å². The number of methoxy groups -OCH3 is 1. The van der Waals surface area contributed by atoms with E-state index < -0.39 is 12.1 Å². The fourth-order valence-corrected chi connectivity index (χ4v) is 1.73. The summed E-state index contributed by atoms with van der Waals surface area (Å²) in [6.07, 6.45) is 0.0637. The molecule has 0 spiro atoms. The van der Waals surface area contributed by atoms with E-state index in [0.29, 0.717) is 19.4 Å². The third kappa shape index (κ3) is 2.86. The van der Waals surface area contributed by atoms with Gasteiger partial charge in [0.1, 0.15) is 12.1 Å². The topological polar surface area (TPSA) is 79.6 Å². The minimum absolute atomic E-state index is 0.289. The van der Waals surface area contributed by atoms with Crippen LogP contribution in [0, 0.1) is 11.3 Å². The smallest absolute Gasteiger partial charge is 0.410 e. The Balaban J connectivity index is 2.61. The molecule has 1 saturated heterocycles. The lowest BCUT2D eigenvalue weighted by molar-refractivity contribution is -0.148. The van der Waals surface area contributed by atoms with Gasteiger partial charge in [-0.15, -0.1) is 0 Å². The number of piperidine rings is 1. The van der Waals surface area contributed by atoms with Gasteiger partial charge in [-0.2, -0.15) is 5.26 Å². The number of esters is 1. The van der Waals surface area contributed by atoms with Crippen molar-refractivity contribution in [3.05, 3.63) is 0 Å². The predicted octanol–water partition coefficient (Wildman–Crippen LogP) is 0.672. The SMILES string of the molecule is COC(=O)N1CCC(OC(C)=O)CC1C#N. The third-order valence-electron chi connectivity index (χ3n) is 2.45. The first-order valence-corrected chi connectivity index (χ1v) is 5.00. The summed E-state index contributed by atoms with van der Waals surface area (Å²) in [5, 5.41) is 8.92. The monoisotopic (exact) mass is 226 g/mol. The first-order chi connectivity index (χ1) is 7.58. The van der Waals surface area contributed by atoms with E-state index in [0.717, 1.165) is 0 Å². The van der Waals surface area contributed by atoms with Crippen molar-refractivity contribution in [2.24, 2.45) is 0 Å². The van der Waals surface area contributed by atoms with Crippen molar-refractivity contribution in [1.82, 2.24) is 4.90 Å². The Morgan fingerprint density at radius 1 is 1.50 bits per heavy atom. The van der Waals surface area contributed by atoms with Gasteiger partial charge in [0, 0.05) is 26.3 Å². The van der Waals surface area contributed by atoms with Crippen LogP contribution in [0.3, 0.4) is 0 Å². The first kappa shape index (κ1) is 12.3. The molecule has 2 unspecified atom stereocenters. The van der Waals surface area contributed by atoms with Crippen LogP contribution < -0.4 is 0 Å². The Kier molecular flexibility index (Phi) is 4.11. The highest BCUT2D eigenvalue weighted by Gasteiger charge is 2.33. The van der Waals surface area contributed by atoms with Gasteiger partial charge in [0.05, 0.1) is 13.2 Å². The second kappa shape index (κ2) is 5.35.